The Hall–Kier alpha value is -2.36. The Labute approximate surface area is 160 Å². The molecule has 0 aliphatic heterocycles. The molecule has 2 N–H and O–H groups in total. The van der Waals surface area contributed by atoms with E-state index in [4.69, 9.17) is 14.4 Å². The maximum atomic E-state index is 12.5. The van der Waals surface area contributed by atoms with E-state index >= 15 is 0 Å². The van der Waals surface area contributed by atoms with E-state index in [1.807, 2.05) is 12.3 Å². The van der Waals surface area contributed by atoms with Crippen molar-refractivity contribution in [2.45, 2.75) is 10.6 Å². The van der Waals surface area contributed by atoms with Crippen LogP contribution < -0.4 is 9.88 Å². The highest BCUT2D eigenvalue weighted by Crippen LogP contribution is 2.37. The van der Waals surface area contributed by atoms with Gasteiger partial charge in [-0.3, -0.25) is 0 Å². The second-order valence-electron chi connectivity index (χ2n) is 5.61. The molecule has 0 amide bonds. The zero-order valence-electron chi connectivity index (χ0n) is 14.4. The molecular weight excluding hydrogens is 391 g/mol. The summed E-state index contributed by atoms with van der Waals surface area (Å²) in [7, 11) is -3.78. The molecule has 0 aliphatic rings. The Kier molecular flexibility index (Phi) is 5.83. The Morgan fingerprint density at radius 2 is 1.93 bits per heavy atom. The SMILES string of the molecule is CSCc1onc(-c2cccc(OCF)c2)c1-c1ccc(S(N)(=O)=O)cc1. The van der Waals surface area contributed by atoms with Crippen LogP contribution in [0.2, 0.25) is 0 Å². The number of rotatable bonds is 7. The van der Waals surface area contributed by atoms with Gasteiger partial charge < -0.3 is 9.26 Å². The number of sulfonamides is 1. The van der Waals surface area contributed by atoms with Crippen molar-refractivity contribution in [3.05, 3.63) is 54.3 Å². The first-order valence-electron chi connectivity index (χ1n) is 7.84. The number of hydrogen-bond acceptors (Lipinski definition) is 6. The third-order valence-corrected chi connectivity index (χ3v) is 5.32. The van der Waals surface area contributed by atoms with Crippen LogP contribution in [0.3, 0.4) is 0 Å². The molecule has 0 saturated carbocycles. The van der Waals surface area contributed by atoms with Gasteiger partial charge in [-0.25, -0.2) is 17.9 Å². The molecule has 0 radical (unpaired) electrons. The first-order valence-corrected chi connectivity index (χ1v) is 10.8. The van der Waals surface area contributed by atoms with Gasteiger partial charge >= 0.3 is 0 Å². The predicted molar refractivity (Wildman–Crippen MR) is 103 cm³/mol. The van der Waals surface area contributed by atoms with E-state index in [0.717, 1.165) is 11.1 Å². The summed E-state index contributed by atoms with van der Waals surface area (Å²) >= 11 is 1.57. The minimum Gasteiger partial charge on any atom is -0.463 e. The molecule has 3 aromatic rings. The number of aromatic nitrogens is 1. The molecule has 0 aliphatic carbocycles. The third-order valence-electron chi connectivity index (χ3n) is 3.84. The number of nitrogens with two attached hydrogens (primary N) is 1. The summed E-state index contributed by atoms with van der Waals surface area (Å²) < 4.78 is 45.9. The van der Waals surface area contributed by atoms with Crippen LogP contribution in [-0.4, -0.2) is 26.7 Å². The van der Waals surface area contributed by atoms with E-state index in [0.29, 0.717) is 28.5 Å². The number of alkyl halides is 1. The highest BCUT2D eigenvalue weighted by atomic mass is 32.2. The number of halogens is 1. The van der Waals surface area contributed by atoms with E-state index in [2.05, 4.69) is 5.16 Å². The Morgan fingerprint density at radius 3 is 2.56 bits per heavy atom. The van der Waals surface area contributed by atoms with Crippen molar-refractivity contribution in [3.63, 3.8) is 0 Å². The van der Waals surface area contributed by atoms with Crippen LogP contribution in [0.5, 0.6) is 5.75 Å². The van der Waals surface area contributed by atoms with E-state index < -0.39 is 16.9 Å². The van der Waals surface area contributed by atoms with Crippen molar-refractivity contribution < 1.29 is 22.1 Å². The monoisotopic (exact) mass is 408 g/mol. The van der Waals surface area contributed by atoms with Crippen molar-refractivity contribution in [1.29, 1.82) is 0 Å². The fourth-order valence-corrected chi connectivity index (χ4v) is 3.63. The maximum absolute atomic E-state index is 12.5. The standard InChI is InChI=1S/C18H17FN2O4S2/c1-26-10-16-17(12-5-7-15(8-6-12)27(20,22)23)18(21-25-16)13-3-2-4-14(9-13)24-11-19/h2-9H,10-11H2,1H3,(H2,20,22,23). The molecule has 6 nitrogen and oxygen atoms in total. The average Bonchev–Trinajstić information content (AvgIpc) is 3.06. The Balaban J connectivity index is 2.11. The van der Waals surface area contributed by atoms with Crippen molar-refractivity contribution in [1.82, 2.24) is 5.16 Å². The van der Waals surface area contributed by atoms with Gasteiger partial charge in [-0.05, 0) is 36.1 Å². The quantitative estimate of drug-likeness (QED) is 0.638. The van der Waals surface area contributed by atoms with Gasteiger partial charge in [-0.2, -0.15) is 11.8 Å². The van der Waals surface area contributed by atoms with Crippen molar-refractivity contribution in [2.75, 3.05) is 13.1 Å². The van der Waals surface area contributed by atoms with Crippen LogP contribution in [0, 0.1) is 0 Å². The van der Waals surface area contributed by atoms with Gasteiger partial charge in [-0.1, -0.05) is 29.4 Å². The van der Waals surface area contributed by atoms with Crippen LogP contribution in [0.4, 0.5) is 4.39 Å². The fourth-order valence-electron chi connectivity index (χ4n) is 2.66. The Morgan fingerprint density at radius 1 is 1.19 bits per heavy atom. The number of thioether (sulfide) groups is 1. The van der Waals surface area contributed by atoms with E-state index in [1.165, 1.54) is 12.1 Å². The molecule has 27 heavy (non-hydrogen) atoms. The molecule has 0 unspecified atom stereocenters. The summed E-state index contributed by atoms with van der Waals surface area (Å²) in [5, 5.41) is 9.34. The van der Waals surface area contributed by atoms with E-state index in [1.54, 1.807) is 42.1 Å². The number of benzene rings is 2. The van der Waals surface area contributed by atoms with Gasteiger partial charge in [0.05, 0.1) is 16.2 Å². The van der Waals surface area contributed by atoms with Gasteiger partial charge in [0.25, 0.3) is 0 Å². The molecule has 0 spiro atoms. The highest BCUT2D eigenvalue weighted by molar-refractivity contribution is 7.97. The number of nitrogens with zero attached hydrogens (tertiary/aromatic N) is 1. The van der Waals surface area contributed by atoms with Crippen LogP contribution in [0.1, 0.15) is 5.76 Å². The van der Waals surface area contributed by atoms with Gasteiger partial charge in [-0.15, -0.1) is 0 Å². The van der Waals surface area contributed by atoms with Crippen LogP contribution in [0.15, 0.2) is 57.9 Å². The average molecular weight is 408 g/mol. The topological polar surface area (TPSA) is 95.4 Å². The van der Waals surface area contributed by atoms with Gasteiger partial charge in [0.1, 0.15) is 11.4 Å². The first kappa shape index (κ1) is 19.4. The molecule has 2 aromatic carbocycles. The molecule has 9 heteroatoms. The van der Waals surface area contributed by atoms with Crippen molar-refractivity contribution in [2.24, 2.45) is 5.14 Å². The van der Waals surface area contributed by atoms with E-state index in [-0.39, 0.29) is 4.90 Å². The maximum Gasteiger partial charge on any atom is 0.238 e. The van der Waals surface area contributed by atoms with Crippen molar-refractivity contribution >= 4 is 21.8 Å². The van der Waals surface area contributed by atoms with Crippen LogP contribution >= 0.6 is 11.8 Å². The summed E-state index contributed by atoms with van der Waals surface area (Å²) in [6.45, 7) is -0.929. The second kappa shape index (κ2) is 8.12. The van der Waals surface area contributed by atoms with Crippen LogP contribution in [0.25, 0.3) is 22.4 Å². The Bertz CT molecular complexity index is 1030. The molecule has 1 heterocycles. The number of hydrogen-bond donors (Lipinski definition) is 1. The molecule has 0 saturated heterocycles. The molecule has 142 valence electrons. The molecule has 0 atom stereocenters. The fraction of sp³-hybridized carbons (Fsp3) is 0.167. The molecule has 0 fully saturated rings. The molecule has 1 aromatic heterocycles. The zero-order chi connectivity index (χ0) is 19.4. The van der Waals surface area contributed by atoms with E-state index in [9.17, 15) is 12.8 Å². The minimum atomic E-state index is -3.78. The lowest BCUT2D eigenvalue weighted by molar-refractivity contribution is 0.192. The highest BCUT2D eigenvalue weighted by Gasteiger charge is 2.20. The van der Waals surface area contributed by atoms with Gasteiger partial charge in [0, 0.05) is 5.56 Å². The summed E-state index contributed by atoms with van der Waals surface area (Å²) in [5.41, 5.74) is 2.73. The molecular formula is C18H17FN2O4S2. The normalized spacial score (nSPS) is 11.5. The second-order valence-corrected chi connectivity index (χ2v) is 8.04. The van der Waals surface area contributed by atoms with Crippen molar-refractivity contribution in [3.8, 4) is 28.1 Å². The smallest absolute Gasteiger partial charge is 0.238 e. The lowest BCUT2D eigenvalue weighted by Gasteiger charge is -2.07. The number of ether oxygens (including phenoxy) is 1. The summed E-state index contributed by atoms with van der Waals surface area (Å²) in [6.07, 6.45) is 1.94. The first-order chi connectivity index (χ1) is 12.9. The lowest BCUT2D eigenvalue weighted by atomic mass is 9.99. The third kappa shape index (κ3) is 4.32. The molecule has 0 bridgehead atoms. The largest absolute Gasteiger partial charge is 0.463 e. The summed E-state index contributed by atoms with van der Waals surface area (Å²) in [4.78, 5) is 0.0222. The summed E-state index contributed by atoms with van der Waals surface area (Å²) in [6, 6.07) is 13.0. The zero-order valence-corrected chi connectivity index (χ0v) is 16.0. The van der Waals surface area contributed by atoms with Gasteiger partial charge in [0.2, 0.25) is 16.9 Å². The lowest BCUT2D eigenvalue weighted by Crippen LogP contribution is -2.11. The minimum absolute atomic E-state index is 0.0222. The summed E-state index contributed by atoms with van der Waals surface area (Å²) in [5.74, 6) is 1.61. The van der Waals surface area contributed by atoms with Crippen LogP contribution in [-0.2, 0) is 15.8 Å². The number of primary sulfonamides is 1. The predicted octanol–water partition coefficient (Wildman–Crippen LogP) is 3.82. The molecule has 3 rings (SSSR count). The van der Waals surface area contributed by atoms with Gasteiger partial charge in [0.15, 0.2) is 5.76 Å².